The van der Waals surface area contributed by atoms with Gasteiger partial charge in [0.15, 0.2) is 0 Å². The van der Waals surface area contributed by atoms with Gasteiger partial charge in [-0.3, -0.25) is 0 Å². The van der Waals surface area contributed by atoms with E-state index >= 15 is 0 Å². The molecule has 0 spiro atoms. The molecule has 0 nitrogen and oxygen atoms in total. The monoisotopic (exact) mass is 518 g/mol. The van der Waals surface area contributed by atoms with Crippen molar-refractivity contribution in [3.8, 4) is 0 Å². The predicted molar refractivity (Wildman–Crippen MR) is 162 cm³/mol. The molecule has 0 N–H and O–H groups in total. The topological polar surface area (TPSA) is 0 Å². The molecule has 2 saturated carbocycles. The van der Waals surface area contributed by atoms with Crippen molar-refractivity contribution in [3.05, 3.63) is 48.4 Å². The minimum Gasteiger partial charge on any atom is -0.158 e. The SMILES string of the molecule is C=CC1CCC(CSC(/C=C\C(C)SC2=CCC(SCC3CCC(C=C)CC3)CC2)CC)CC1. The summed E-state index contributed by atoms with van der Waals surface area (Å²) in [6, 6.07) is 0. The largest absolute Gasteiger partial charge is 0.158 e. The molecule has 0 heterocycles. The molecule has 3 aliphatic carbocycles. The van der Waals surface area contributed by atoms with E-state index in [1.165, 1.54) is 88.6 Å². The van der Waals surface area contributed by atoms with Gasteiger partial charge in [0.05, 0.1) is 0 Å². The van der Waals surface area contributed by atoms with Crippen LogP contribution in [-0.4, -0.2) is 27.3 Å². The minimum atomic E-state index is 0.591. The molecule has 3 unspecified atom stereocenters. The first-order chi connectivity index (χ1) is 16.6. The van der Waals surface area contributed by atoms with Crippen LogP contribution >= 0.6 is 35.3 Å². The zero-order chi connectivity index (χ0) is 24.2. The Hall–Kier alpha value is 0.01000. The Kier molecular flexibility index (Phi) is 13.4. The first-order valence-corrected chi connectivity index (χ1v) is 17.1. The first-order valence-electron chi connectivity index (χ1n) is 14.1. The molecule has 3 atom stereocenters. The molecule has 3 aliphatic rings. The molecule has 0 bridgehead atoms. The highest BCUT2D eigenvalue weighted by Crippen LogP contribution is 2.38. The molecule has 3 heteroatoms. The third kappa shape index (κ3) is 10.2. The van der Waals surface area contributed by atoms with Crippen LogP contribution in [0.5, 0.6) is 0 Å². The van der Waals surface area contributed by atoms with Crippen LogP contribution in [0, 0.1) is 23.7 Å². The average Bonchev–Trinajstić information content (AvgIpc) is 2.89. The molecular weight excluding hydrogens is 469 g/mol. The van der Waals surface area contributed by atoms with E-state index in [-0.39, 0.29) is 0 Å². The zero-order valence-corrected chi connectivity index (χ0v) is 24.4. The van der Waals surface area contributed by atoms with Crippen molar-refractivity contribution in [1.29, 1.82) is 0 Å². The summed E-state index contributed by atoms with van der Waals surface area (Å²) in [5.41, 5.74) is 0. The van der Waals surface area contributed by atoms with Gasteiger partial charge in [0.25, 0.3) is 0 Å². The zero-order valence-electron chi connectivity index (χ0n) is 22.0. The first kappa shape index (κ1) is 28.6. The maximum Gasteiger partial charge on any atom is 0.0243 e. The Morgan fingerprint density at radius 2 is 1.50 bits per heavy atom. The van der Waals surface area contributed by atoms with Crippen molar-refractivity contribution in [2.24, 2.45) is 23.7 Å². The molecule has 0 aliphatic heterocycles. The molecule has 2 fully saturated rings. The summed E-state index contributed by atoms with van der Waals surface area (Å²) in [6.45, 7) is 12.7. The van der Waals surface area contributed by atoms with E-state index in [1.807, 2.05) is 0 Å². The highest BCUT2D eigenvalue weighted by molar-refractivity contribution is 8.03. The van der Waals surface area contributed by atoms with Crippen molar-refractivity contribution in [1.82, 2.24) is 0 Å². The Labute approximate surface area is 224 Å². The van der Waals surface area contributed by atoms with E-state index in [4.69, 9.17) is 0 Å². The normalized spacial score (nSPS) is 32.2. The van der Waals surface area contributed by atoms with Crippen LogP contribution in [0.3, 0.4) is 0 Å². The Morgan fingerprint density at radius 3 is 2.03 bits per heavy atom. The number of allylic oxidation sites excluding steroid dienone is 4. The summed E-state index contributed by atoms with van der Waals surface area (Å²) in [6.07, 6.45) is 28.3. The van der Waals surface area contributed by atoms with E-state index in [2.05, 4.69) is 92.7 Å². The molecule has 0 amide bonds. The summed E-state index contributed by atoms with van der Waals surface area (Å²) in [4.78, 5) is 1.64. The van der Waals surface area contributed by atoms with Gasteiger partial charge in [-0.05, 0) is 124 Å². The van der Waals surface area contributed by atoms with Crippen LogP contribution in [0.1, 0.15) is 90.9 Å². The lowest BCUT2D eigenvalue weighted by Gasteiger charge is -2.28. The maximum atomic E-state index is 3.99. The number of hydrogen-bond acceptors (Lipinski definition) is 3. The lowest BCUT2D eigenvalue weighted by Crippen LogP contribution is -2.17. The second-order valence-corrected chi connectivity index (χ2v) is 15.0. The second-order valence-electron chi connectivity index (χ2n) is 10.9. The van der Waals surface area contributed by atoms with E-state index < -0.39 is 0 Å². The van der Waals surface area contributed by atoms with Crippen LogP contribution in [-0.2, 0) is 0 Å². The lowest BCUT2D eigenvalue weighted by molar-refractivity contribution is 0.335. The van der Waals surface area contributed by atoms with Gasteiger partial charge in [-0.25, -0.2) is 0 Å². The molecule has 3 rings (SSSR count). The summed E-state index contributed by atoms with van der Waals surface area (Å²) in [5, 5.41) is 2.13. The number of hydrogen-bond donors (Lipinski definition) is 0. The van der Waals surface area contributed by atoms with Crippen LogP contribution < -0.4 is 0 Å². The van der Waals surface area contributed by atoms with Gasteiger partial charge in [-0.2, -0.15) is 23.5 Å². The average molecular weight is 519 g/mol. The fourth-order valence-electron chi connectivity index (χ4n) is 5.63. The van der Waals surface area contributed by atoms with Crippen LogP contribution in [0.4, 0.5) is 0 Å². The lowest BCUT2D eigenvalue weighted by atomic mass is 9.83. The highest BCUT2D eigenvalue weighted by Gasteiger charge is 2.23. The number of rotatable bonds is 13. The van der Waals surface area contributed by atoms with Gasteiger partial charge in [0, 0.05) is 15.7 Å². The predicted octanol–water partition coefficient (Wildman–Crippen LogP) is 10.3. The van der Waals surface area contributed by atoms with E-state index in [0.29, 0.717) is 10.5 Å². The van der Waals surface area contributed by atoms with Crippen molar-refractivity contribution < 1.29 is 0 Å². The summed E-state index contributed by atoms with van der Waals surface area (Å²) in [5.74, 6) is 6.19. The fraction of sp³-hybridized carbons (Fsp3) is 0.742. The minimum absolute atomic E-state index is 0.591. The van der Waals surface area contributed by atoms with Crippen molar-refractivity contribution in [2.75, 3.05) is 11.5 Å². The van der Waals surface area contributed by atoms with Gasteiger partial charge in [-0.1, -0.05) is 37.3 Å². The summed E-state index contributed by atoms with van der Waals surface area (Å²) >= 11 is 6.58. The summed E-state index contributed by atoms with van der Waals surface area (Å²) < 4.78 is 0. The van der Waals surface area contributed by atoms with E-state index in [1.54, 1.807) is 4.91 Å². The number of thioether (sulfide) groups is 3. The Bertz CT molecular complexity index is 650. The molecule has 0 aromatic rings. The molecule has 0 aromatic heterocycles. The fourth-order valence-corrected chi connectivity index (χ4v) is 9.39. The van der Waals surface area contributed by atoms with E-state index in [0.717, 1.165) is 28.9 Å². The molecule has 192 valence electrons. The van der Waals surface area contributed by atoms with Gasteiger partial charge < -0.3 is 0 Å². The van der Waals surface area contributed by atoms with Crippen LogP contribution in [0.2, 0.25) is 0 Å². The van der Waals surface area contributed by atoms with Crippen molar-refractivity contribution in [2.45, 2.75) is 107 Å². The molecular formula is C31H50S3. The molecule has 34 heavy (non-hydrogen) atoms. The van der Waals surface area contributed by atoms with Gasteiger partial charge >= 0.3 is 0 Å². The quantitative estimate of drug-likeness (QED) is 0.223. The smallest absolute Gasteiger partial charge is 0.0243 e. The molecule has 0 aromatic carbocycles. The second kappa shape index (κ2) is 16.0. The van der Waals surface area contributed by atoms with Crippen LogP contribution in [0.15, 0.2) is 48.4 Å². The third-order valence-electron chi connectivity index (χ3n) is 8.22. The molecule has 0 radical (unpaired) electrons. The van der Waals surface area contributed by atoms with Gasteiger partial charge in [0.1, 0.15) is 0 Å². The Balaban J connectivity index is 1.30. The van der Waals surface area contributed by atoms with E-state index in [9.17, 15) is 0 Å². The van der Waals surface area contributed by atoms with Crippen LogP contribution in [0.25, 0.3) is 0 Å². The van der Waals surface area contributed by atoms with Crippen molar-refractivity contribution >= 4 is 35.3 Å². The van der Waals surface area contributed by atoms with Crippen molar-refractivity contribution in [3.63, 3.8) is 0 Å². The van der Waals surface area contributed by atoms with Gasteiger partial charge in [-0.15, -0.1) is 24.9 Å². The molecule has 0 saturated heterocycles. The van der Waals surface area contributed by atoms with Gasteiger partial charge in [0.2, 0.25) is 0 Å². The summed E-state index contributed by atoms with van der Waals surface area (Å²) in [7, 11) is 0. The highest BCUT2D eigenvalue weighted by atomic mass is 32.2. The Morgan fingerprint density at radius 1 is 0.882 bits per heavy atom. The standard InChI is InChI=1S/C31H50S3/c1-5-25-9-13-27(14-10-25)22-32-29(7-3)17-8-24(4)34-31-20-18-30(19-21-31)33-23-28-15-11-26(6-2)12-16-28/h5-6,8,17,20,24-30H,1-2,7,9-16,18-19,21-23H2,3-4H3/b17-8-. The third-order valence-corrected chi connectivity index (χ3v) is 12.6. The maximum absolute atomic E-state index is 3.99.